The van der Waals surface area contributed by atoms with Crippen LogP contribution in [0.25, 0.3) is 0 Å². The lowest BCUT2D eigenvalue weighted by molar-refractivity contribution is -0.128. The van der Waals surface area contributed by atoms with Crippen molar-refractivity contribution >= 4 is 46.5 Å². The highest BCUT2D eigenvalue weighted by atomic mass is 32.2. The normalized spacial score (nSPS) is 16.1. The maximum atomic E-state index is 13.2. The number of ether oxygens (including phenoxy) is 1. The molecule has 10 nitrogen and oxygen atoms in total. The Morgan fingerprint density at radius 3 is 2.57 bits per heavy atom. The molecule has 2 N–H and O–H groups in total. The monoisotopic (exact) mass is 588 g/mol. The van der Waals surface area contributed by atoms with Crippen molar-refractivity contribution in [2.24, 2.45) is 5.92 Å². The second-order valence-corrected chi connectivity index (χ2v) is 10.8. The molecule has 1 aliphatic heterocycles. The van der Waals surface area contributed by atoms with Gasteiger partial charge in [-0.05, 0) is 43.2 Å². The van der Waals surface area contributed by atoms with Crippen LogP contribution in [0.3, 0.4) is 0 Å². The first-order chi connectivity index (χ1) is 20.1. The van der Waals surface area contributed by atoms with Gasteiger partial charge in [-0.3, -0.25) is 14.4 Å². The summed E-state index contributed by atoms with van der Waals surface area (Å²) < 4.78 is 5.28. The summed E-state index contributed by atoms with van der Waals surface area (Å²) in [5.41, 5.74) is 2.27. The van der Waals surface area contributed by atoms with Crippen LogP contribution in [0.5, 0.6) is 5.75 Å². The number of hydrogen-bond donors (Lipinski definition) is 2. The average Bonchev–Trinajstić information content (AvgIpc) is 3.34. The topological polar surface area (TPSA) is 118 Å². The number of nitrogens with one attached hydrogen (secondary N) is 2. The molecule has 1 fully saturated rings. The number of carbonyl (C=O) groups is 3. The van der Waals surface area contributed by atoms with E-state index in [-0.39, 0.29) is 36.4 Å². The largest absolute Gasteiger partial charge is 0.497 e. The van der Waals surface area contributed by atoms with E-state index in [0.717, 1.165) is 22.8 Å². The highest BCUT2D eigenvalue weighted by Crippen LogP contribution is 2.40. The Kier molecular flexibility index (Phi) is 11.3. The minimum Gasteiger partial charge on any atom is -0.497 e. The Balaban J connectivity index is 1.66. The van der Waals surface area contributed by atoms with Gasteiger partial charge in [0.1, 0.15) is 22.4 Å². The Morgan fingerprint density at radius 1 is 1.19 bits per heavy atom. The van der Waals surface area contributed by atoms with Crippen LogP contribution < -0.4 is 25.2 Å². The van der Waals surface area contributed by atoms with Crippen molar-refractivity contribution < 1.29 is 19.1 Å². The summed E-state index contributed by atoms with van der Waals surface area (Å²) in [7, 11) is 5.19. The summed E-state index contributed by atoms with van der Waals surface area (Å²) in [4.78, 5) is 43.7. The molecule has 1 saturated heterocycles. The first-order valence-electron chi connectivity index (χ1n) is 13.4. The zero-order valence-corrected chi connectivity index (χ0v) is 25.3. The number of methoxy groups -OCH3 is 1. The van der Waals surface area contributed by atoms with Crippen molar-refractivity contribution in [1.82, 2.24) is 10.2 Å². The summed E-state index contributed by atoms with van der Waals surface area (Å²) in [6.07, 6.45) is 5.22. The first kappa shape index (κ1) is 31.9. The SMILES string of the molecule is C#CCNC(=O)/C(C#N)=C1\SC(C(C)CNc2cccc(N(C)C(=O)CN(C)c3cccc(OC)c3)c2)C(=O)N1CC. The lowest BCUT2D eigenvalue weighted by Gasteiger charge is -2.24. The fraction of sp³-hybridized carbons (Fsp3) is 0.355. The summed E-state index contributed by atoms with van der Waals surface area (Å²) in [6.45, 7) is 4.70. The quantitative estimate of drug-likeness (QED) is 0.220. The van der Waals surface area contributed by atoms with Crippen LogP contribution in [0.15, 0.2) is 59.1 Å². The van der Waals surface area contributed by atoms with Gasteiger partial charge in [0.25, 0.3) is 5.91 Å². The number of rotatable bonds is 12. The average molecular weight is 589 g/mol. The van der Waals surface area contributed by atoms with Crippen LogP contribution >= 0.6 is 11.8 Å². The summed E-state index contributed by atoms with van der Waals surface area (Å²) in [6, 6.07) is 17.0. The zero-order chi connectivity index (χ0) is 30.8. The molecule has 220 valence electrons. The minimum absolute atomic E-state index is 0.00934. The molecule has 1 heterocycles. The number of hydrogen-bond acceptors (Lipinski definition) is 8. The van der Waals surface area contributed by atoms with E-state index < -0.39 is 11.2 Å². The van der Waals surface area contributed by atoms with Gasteiger partial charge >= 0.3 is 0 Å². The molecule has 0 saturated carbocycles. The van der Waals surface area contributed by atoms with E-state index in [1.54, 1.807) is 26.0 Å². The van der Waals surface area contributed by atoms with Gasteiger partial charge in [-0.15, -0.1) is 6.42 Å². The Hall–Kier alpha value is -4.61. The van der Waals surface area contributed by atoms with Crippen LogP contribution in [-0.2, 0) is 14.4 Å². The van der Waals surface area contributed by atoms with E-state index in [4.69, 9.17) is 11.2 Å². The van der Waals surface area contributed by atoms with Gasteiger partial charge in [-0.1, -0.05) is 36.7 Å². The maximum absolute atomic E-state index is 13.2. The third-order valence-corrected chi connectivity index (χ3v) is 8.40. The van der Waals surface area contributed by atoms with Crippen molar-refractivity contribution in [3.8, 4) is 24.2 Å². The molecular weight excluding hydrogens is 552 g/mol. The fourth-order valence-corrected chi connectivity index (χ4v) is 5.76. The molecular formula is C31H36N6O4S. The number of nitrogens with zero attached hydrogens (tertiary/aromatic N) is 4. The number of anilines is 3. The molecule has 11 heteroatoms. The van der Waals surface area contributed by atoms with E-state index in [2.05, 4.69) is 16.6 Å². The molecule has 0 spiro atoms. The van der Waals surface area contributed by atoms with Crippen molar-refractivity contribution in [3.05, 3.63) is 59.1 Å². The molecule has 0 aromatic heterocycles. The molecule has 0 bridgehead atoms. The predicted octanol–water partition coefficient (Wildman–Crippen LogP) is 3.29. The summed E-state index contributed by atoms with van der Waals surface area (Å²) in [5, 5.41) is 15.4. The molecule has 1 aliphatic rings. The molecule has 2 aromatic rings. The van der Waals surface area contributed by atoms with Crippen LogP contribution in [0.4, 0.5) is 17.1 Å². The highest BCUT2D eigenvalue weighted by molar-refractivity contribution is 8.04. The zero-order valence-electron chi connectivity index (χ0n) is 24.5. The van der Waals surface area contributed by atoms with Crippen molar-refractivity contribution in [2.75, 3.05) is 62.5 Å². The number of carbonyl (C=O) groups excluding carboxylic acids is 3. The van der Waals surface area contributed by atoms with E-state index in [1.807, 2.05) is 73.5 Å². The lowest BCUT2D eigenvalue weighted by Crippen LogP contribution is -2.36. The number of thioether (sulfide) groups is 1. The maximum Gasteiger partial charge on any atom is 0.265 e. The molecule has 2 aromatic carbocycles. The summed E-state index contributed by atoms with van der Waals surface area (Å²) in [5.74, 6) is 2.06. The third kappa shape index (κ3) is 7.56. The molecule has 3 amide bonds. The number of amides is 3. The Bertz CT molecular complexity index is 1430. The second-order valence-electron chi connectivity index (χ2n) is 9.72. The van der Waals surface area contributed by atoms with Gasteiger partial charge in [-0.25, -0.2) is 0 Å². The van der Waals surface area contributed by atoms with E-state index in [0.29, 0.717) is 18.1 Å². The van der Waals surface area contributed by atoms with Crippen molar-refractivity contribution in [3.63, 3.8) is 0 Å². The van der Waals surface area contributed by atoms with Gasteiger partial charge in [0, 0.05) is 50.3 Å². The number of nitriles is 1. The van der Waals surface area contributed by atoms with E-state index in [1.165, 1.54) is 16.7 Å². The van der Waals surface area contributed by atoms with Gasteiger partial charge in [0.05, 0.1) is 25.4 Å². The van der Waals surface area contributed by atoms with Crippen LogP contribution in [0.1, 0.15) is 13.8 Å². The van der Waals surface area contributed by atoms with E-state index in [9.17, 15) is 19.6 Å². The number of terminal acetylenes is 1. The fourth-order valence-electron chi connectivity index (χ4n) is 4.36. The van der Waals surface area contributed by atoms with Crippen LogP contribution in [0, 0.1) is 29.6 Å². The standard InChI is InChI=1S/C31H36N6O4S/c1-7-15-33-29(39)26(18-32)31-37(8-2)30(40)28(42-31)21(3)19-34-22-11-9-13-24(16-22)36(5)27(38)20-35(4)23-12-10-14-25(17-23)41-6/h1,9-14,16-17,21,28,34H,8,15,19-20H2,2-6H3,(H,33,39)/b31-26-. The van der Waals surface area contributed by atoms with Crippen molar-refractivity contribution in [2.45, 2.75) is 19.1 Å². The van der Waals surface area contributed by atoms with Gasteiger partial charge in [-0.2, -0.15) is 5.26 Å². The predicted molar refractivity (Wildman–Crippen MR) is 167 cm³/mol. The van der Waals surface area contributed by atoms with Gasteiger partial charge in [0.2, 0.25) is 11.8 Å². The summed E-state index contributed by atoms with van der Waals surface area (Å²) >= 11 is 1.22. The van der Waals surface area contributed by atoms with Crippen LogP contribution in [-0.4, -0.2) is 75.3 Å². The first-order valence-corrected chi connectivity index (χ1v) is 14.3. The van der Waals surface area contributed by atoms with E-state index >= 15 is 0 Å². The molecule has 0 radical (unpaired) electrons. The molecule has 2 unspecified atom stereocenters. The second kappa shape index (κ2) is 14.9. The Morgan fingerprint density at radius 2 is 1.90 bits per heavy atom. The molecule has 0 aliphatic carbocycles. The number of benzene rings is 2. The Labute approximate surface area is 251 Å². The molecule has 3 rings (SSSR count). The van der Waals surface area contributed by atoms with Crippen LogP contribution in [0.2, 0.25) is 0 Å². The smallest absolute Gasteiger partial charge is 0.265 e. The molecule has 42 heavy (non-hydrogen) atoms. The lowest BCUT2D eigenvalue weighted by atomic mass is 10.1. The number of likely N-dealkylation sites (N-methyl/N-ethyl adjacent to an activating group) is 2. The third-order valence-electron chi connectivity index (χ3n) is 6.83. The van der Waals surface area contributed by atoms with Crippen molar-refractivity contribution in [1.29, 1.82) is 5.26 Å². The van der Waals surface area contributed by atoms with Gasteiger partial charge < -0.3 is 30.1 Å². The minimum atomic E-state index is -0.596. The van der Waals surface area contributed by atoms with Gasteiger partial charge in [0.15, 0.2) is 0 Å². The molecule has 2 atom stereocenters. The highest BCUT2D eigenvalue weighted by Gasteiger charge is 2.41.